The number of nitrogens with one attached hydrogen (secondary N) is 1. The highest BCUT2D eigenvalue weighted by atomic mass is 127. The zero-order valence-corrected chi connectivity index (χ0v) is 18.5. The molecule has 0 saturated carbocycles. The number of guanidine groups is 1. The van der Waals surface area contributed by atoms with Gasteiger partial charge in [-0.1, -0.05) is 18.2 Å². The molecular weight excluding hydrogens is 433 g/mol. The van der Waals surface area contributed by atoms with E-state index in [0.29, 0.717) is 6.61 Å². The van der Waals surface area contributed by atoms with Crippen molar-refractivity contribution in [2.24, 2.45) is 4.99 Å². The number of nitrogens with zero attached hydrogens (tertiary/aromatic N) is 2. The van der Waals surface area contributed by atoms with E-state index in [1.54, 1.807) is 0 Å². The van der Waals surface area contributed by atoms with E-state index in [-0.39, 0.29) is 24.0 Å². The number of aliphatic imine (C=N–C) groups is 1. The molecule has 0 bridgehead atoms. The summed E-state index contributed by atoms with van der Waals surface area (Å²) in [6.07, 6.45) is 4.52. The van der Waals surface area contributed by atoms with Crippen LogP contribution in [0.1, 0.15) is 25.3 Å². The normalized spacial score (nSPS) is 10.9. The molecular formula is C18H32IN3OS. The summed E-state index contributed by atoms with van der Waals surface area (Å²) < 4.78 is 5.87. The second-order valence-electron chi connectivity index (χ2n) is 5.47. The van der Waals surface area contributed by atoms with Crippen molar-refractivity contribution in [3.05, 3.63) is 29.8 Å². The molecule has 0 aliphatic heterocycles. The molecule has 0 radical (unpaired) electrons. The lowest BCUT2D eigenvalue weighted by Gasteiger charge is -2.22. The maximum Gasteiger partial charge on any atom is 0.193 e. The third-order valence-electron chi connectivity index (χ3n) is 3.49. The predicted octanol–water partition coefficient (Wildman–Crippen LogP) is 4.03. The molecule has 0 heterocycles. The van der Waals surface area contributed by atoms with Gasteiger partial charge in [0.2, 0.25) is 0 Å². The standard InChI is InChI=1S/C18H31N3OS.HI/c1-5-19-18(20-12-8-9-15-23-4)21(3)13-14-22-17-11-7-6-10-16(17)2;/h6-7,10-11H,5,8-9,12-15H2,1-4H3,(H,19,20);1H. The predicted molar refractivity (Wildman–Crippen MR) is 118 cm³/mol. The summed E-state index contributed by atoms with van der Waals surface area (Å²) in [5.74, 6) is 3.14. The molecule has 0 aliphatic rings. The van der Waals surface area contributed by atoms with Crippen LogP contribution in [-0.4, -0.2) is 56.2 Å². The number of unbranched alkanes of at least 4 members (excludes halogenated alkanes) is 1. The van der Waals surface area contributed by atoms with E-state index in [0.717, 1.165) is 37.8 Å². The molecule has 0 aromatic heterocycles. The van der Waals surface area contributed by atoms with E-state index in [1.165, 1.54) is 17.7 Å². The van der Waals surface area contributed by atoms with Gasteiger partial charge in [0.25, 0.3) is 0 Å². The first-order chi connectivity index (χ1) is 11.2. The Balaban J connectivity index is 0.00000529. The Hall–Kier alpha value is -0.630. The van der Waals surface area contributed by atoms with Crippen LogP contribution in [0.5, 0.6) is 5.75 Å². The lowest BCUT2D eigenvalue weighted by Crippen LogP contribution is -2.41. The average Bonchev–Trinajstić information content (AvgIpc) is 2.55. The van der Waals surface area contributed by atoms with Crippen molar-refractivity contribution >= 4 is 41.7 Å². The highest BCUT2D eigenvalue weighted by Gasteiger charge is 2.06. The first-order valence-electron chi connectivity index (χ1n) is 8.35. The van der Waals surface area contributed by atoms with Gasteiger partial charge in [-0.3, -0.25) is 4.99 Å². The zero-order chi connectivity index (χ0) is 16.9. The van der Waals surface area contributed by atoms with Crippen molar-refractivity contribution in [1.29, 1.82) is 0 Å². The SMILES string of the molecule is CCNC(=NCCCCSC)N(C)CCOc1ccccc1C.I. The maximum atomic E-state index is 5.87. The molecule has 0 unspecified atom stereocenters. The third kappa shape index (κ3) is 9.61. The summed E-state index contributed by atoms with van der Waals surface area (Å²) in [6, 6.07) is 8.12. The van der Waals surface area contributed by atoms with Crippen LogP contribution in [0.25, 0.3) is 0 Å². The second kappa shape index (κ2) is 14.7. The molecule has 0 fully saturated rings. The van der Waals surface area contributed by atoms with Crippen LogP contribution in [0.3, 0.4) is 0 Å². The highest BCUT2D eigenvalue weighted by molar-refractivity contribution is 14.0. The molecule has 6 heteroatoms. The molecule has 138 valence electrons. The van der Waals surface area contributed by atoms with Crippen molar-refractivity contribution in [1.82, 2.24) is 10.2 Å². The maximum absolute atomic E-state index is 5.87. The van der Waals surface area contributed by atoms with Crippen molar-refractivity contribution in [3.8, 4) is 5.75 Å². The number of likely N-dealkylation sites (N-methyl/N-ethyl adjacent to an activating group) is 1. The molecule has 1 aromatic rings. The van der Waals surface area contributed by atoms with Gasteiger partial charge >= 0.3 is 0 Å². The fourth-order valence-electron chi connectivity index (χ4n) is 2.13. The van der Waals surface area contributed by atoms with E-state index < -0.39 is 0 Å². The Morgan fingerprint density at radius 3 is 2.71 bits per heavy atom. The molecule has 0 saturated heterocycles. The smallest absolute Gasteiger partial charge is 0.193 e. The zero-order valence-electron chi connectivity index (χ0n) is 15.4. The first-order valence-corrected chi connectivity index (χ1v) is 9.75. The highest BCUT2D eigenvalue weighted by Crippen LogP contribution is 2.15. The minimum absolute atomic E-state index is 0. The van der Waals surface area contributed by atoms with Gasteiger partial charge in [-0.15, -0.1) is 24.0 Å². The molecule has 0 spiro atoms. The quantitative estimate of drug-likeness (QED) is 0.245. The van der Waals surface area contributed by atoms with Crippen LogP contribution in [0.15, 0.2) is 29.3 Å². The lowest BCUT2D eigenvalue weighted by atomic mass is 10.2. The number of para-hydroxylation sites is 1. The van der Waals surface area contributed by atoms with Gasteiger partial charge in [0, 0.05) is 20.1 Å². The van der Waals surface area contributed by atoms with Crippen LogP contribution >= 0.6 is 35.7 Å². The van der Waals surface area contributed by atoms with Crippen molar-refractivity contribution < 1.29 is 4.74 Å². The largest absolute Gasteiger partial charge is 0.491 e. The lowest BCUT2D eigenvalue weighted by molar-refractivity contribution is 0.280. The molecule has 4 nitrogen and oxygen atoms in total. The molecule has 0 amide bonds. The average molecular weight is 465 g/mol. The molecule has 1 N–H and O–H groups in total. The van der Waals surface area contributed by atoms with Gasteiger partial charge in [-0.2, -0.15) is 11.8 Å². The van der Waals surface area contributed by atoms with Gasteiger partial charge in [0.15, 0.2) is 5.96 Å². The number of thioether (sulfide) groups is 1. The second-order valence-corrected chi connectivity index (χ2v) is 6.46. The number of benzene rings is 1. The van der Waals surface area contributed by atoms with Crippen molar-refractivity contribution in [3.63, 3.8) is 0 Å². The number of hydrogen-bond acceptors (Lipinski definition) is 3. The van der Waals surface area contributed by atoms with Gasteiger partial charge < -0.3 is 15.0 Å². The van der Waals surface area contributed by atoms with Crippen molar-refractivity contribution in [2.75, 3.05) is 45.3 Å². The van der Waals surface area contributed by atoms with E-state index in [1.807, 2.05) is 30.0 Å². The van der Waals surface area contributed by atoms with Crippen LogP contribution in [-0.2, 0) is 0 Å². The fourth-order valence-corrected chi connectivity index (χ4v) is 2.62. The summed E-state index contributed by atoms with van der Waals surface area (Å²) in [5.41, 5.74) is 1.17. The van der Waals surface area contributed by atoms with Crippen LogP contribution in [0.4, 0.5) is 0 Å². The van der Waals surface area contributed by atoms with E-state index >= 15 is 0 Å². The summed E-state index contributed by atoms with van der Waals surface area (Å²) >= 11 is 1.90. The summed E-state index contributed by atoms with van der Waals surface area (Å²) in [5, 5.41) is 3.35. The molecule has 24 heavy (non-hydrogen) atoms. The number of aryl methyl sites for hydroxylation is 1. The van der Waals surface area contributed by atoms with Crippen LogP contribution in [0.2, 0.25) is 0 Å². The Labute approximate surface area is 168 Å². The molecule has 0 aliphatic carbocycles. The van der Waals surface area contributed by atoms with Gasteiger partial charge in [0.1, 0.15) is 12.4 Å². The summed E-state index contributed by atoms with van der Waals surface area (Å²) in [6.45, 7) is 7.39. The van der Waals surface area contributed by atoms with Crippen molar-refractivity contribution in [2.45, 2.75) is 26.7 Å². The minimum atomic E-state index is 0. The fraction of sp³-hybridized carbons (Fsp3) is 0.611. The topological polar surface area (TPSA) is 36.9 Å². The van der Waals surface area contributed by atoms with Crippen LogP contribution < -0.4 is 10.1 Å². The van der Waals surface area contributed by atoms with E-state index in [4.69, 9.17) is 9.73 Å². The first kappa shape index (κ1) is 23.4. The minimum Gasteiger partial charge on any atom is -0.491 e. The Morgan fingerprint density at radius 1 is 1.29 bits per heavy atom. The number of hydrogen-bond donors (Lipinski definition) is 1. The van der Waals surface area contributed by atoms with Gasteiger partial charge in [-0.05, 0) is 50.3 Å². The molecule has 1 aromatic carbocycles. The Kier molecular flexibility index (Phi) is 14.3. The van der Waals surface area contributed by atoms with Crippen LogP contribution in [0, 0.1) is 6.92 Å². The van der Waals surface area contributed by atoms with Gasteiger partial charge in [-0.25, -0.2) is 0 Å². The summed E-state index contributed by atoms with van der Waals surface area (Å²) in [7, 11) is 2.06. The molecule has 0 atom stereocenters. The number of ether oxygens (including phenoxy) is 1. The monoisotopic (exact) mass is 465 g/mol. The number of rotatable bonds is 10. The molecule has 1 rings (SSSR count). The number of halogens is 1. The van der Waals surface area contributed by atoms with E-state index in [2.05, 4.69) is 43.4 Å². The Bertz CT molecular complexity index is 471. The third-order valence-corrected chi connectivity index (χ3v) is 4.19. The van der Waals surface area contributed by atoms with E-state index in [9.17, 15) is 0 Å². The summed E-state index contributed by atoms with van der Waals surface area (Å²) in [4.78, 5) is 6.83. The Morgan fingerprint density at radius 2 is 2.04 bits per heavy atom. The van der Waals surface area contributed by atoms with Gasteiger partial charge in [0.05, 0.1) is 6.54 Å².